The molecule has 0 bridgehead atoms. The molecule has 2 fully saturated rings. The summed E-state index contributed by atoms with van der Waals surface area (Å²) >= 11 is 2.09. The Labute approximate surface area is 148 Å². The first-order valence-corrected chi connectivity index (χ1v) is 10.4. The van der Waals surface area contributed by atoms with Gasteiger partial charge in [-0.2, -0.15) is 16.7 Å². The quantitative estimate of drug-likeness (QED) is 0.818. The van der Waals surface area contributed by atoms with Gasteiger partial charge in [-0.3, -0.25) is 4.90 Å². The van der Waals surface area contributed by atoms with Gasteiger partial charge in [-0.15, -0.1) is 0 Å². The van der Waals surface area contributed by atoms with E-state index in [1.165, 1.54) is 43.0 Å². The molecule has 0 unspecified atom stereocenters. The summed E-state index contributed by atoms with van der Waals surface area (Å²) in [6.45, 7) is 6.69. The summed E-state index contributed by atoms with van der Waals surface area (Å²) < 4.78 is 0. The molecular weight excluding hydrogens is 320 g/mol. The van der Waals surface area contributed by atoms with E-state index in [1.807, 2.05) is 0 Å². The van der Waals surface area contributed by atoms with E-state index in [0.717, 1.165) is 56.6 Å². The standard InChI is InChI=1S/C17H28N6S/c18-17-20-15-2-6-19-5-1-14(15)16(21-17)23-7-3-13(4-8-23)22-9-11-24-12-10-22/h13,19H,1-12H2,(H2,18,20,21). The number of anilines is 2. The number of piperidine rings is 1. The van der Waals surface area contributed by atoms with Crippen LogP contribution in [0.4, 0.5) is 11.8 Å². The largest absolute Gasteiger partial charge is 0.368 e. The van der Waals surface area contributed by atoms with Crippen molar-refractivity contribution in [1.82, 2.24) is 20.2 Å². The molecular formula is C17H28N6S. The number of thioether (sulfide) groups is 1. The third-order valence-electron chi connectivity index (χ3n) is 5.50. The SMILES string of the molecule is Nc1nc2c(c(N3CCC(N4CCSCC4)CC3)n1)CCNCC2. The molecule has 0 radical (unpaired) electrons. The lowest BCUT2D eigenvalue weighted by molar-refractivity contribution is 0.185. The Morgan fingerprint density at radius 3 is 2.54 bits per heavy atom. The molecule has 0 atom stereocenters. The molecule has 24 heavy (non-hydrogen) atoms. The van der Waals surface area contributed by atoms with Crippen LogP contribution in [0.15, 0.2) is 0 Å². The Balaban J connectivity index is 1.48. The van der Waals surface area contributed by atoms with Crippen LogP contribution < -0.4 is 16.0 Å². The molecule has 4 rings (SSSR count). The predicted molar refractivity (Wildman–Crippen MR) is 101 cm³/mol. The van der Waals surface area contributed by atoms with Gasteiger partial charge in [0.15, 0.2) is 0 Å². The molecule has 7 heteroatoms. The van der Waals surface area contributed by atoms with Crippen LogP contribution >= 0.6 is 11.8 Å². The molecule has 132 valence electrons. The minimum atomic E-state index is 0.431. The number of rotatable bonds is 2. The molecule has 0 spiro atoms. The number of hydrogen-bond donors (Lipinski definition) is 2. The maximum atomic E-state index is 6.00. The van der Waals surface area contributed by atoms with Crippen molar-refractivity contribution in [3.8, 4) is 0 Å². The van der Waals surface area contributed by atoms with Gasteiger partial charge >= 0.3 is 0 Å². The van der Waals surface area contributed by atoms with Crippen molar-refractivity contribution in [2.24, 2.45) is 0 Å². The van der Waals surface area contributed by atoms with Crippen LogP contribution in [-0.2, 0) is 12.8 Å². The van der Waals surface area contributed by atoms with E-state index in [1.54, 1.807) is 0 Å². The fourth-order valence-electron chi connectivity index (χ4n) is 4.19. The molecule has 0 aromatic carbocycles. The predicted octanol–water partition coefficient (Wildman–Crippen LogP) is 0.765. The van der Waals surface area contributed by atoms with Crippen LogP contribution in [-0.4, -0.2) is 71.7 Å². The van der Waals surface area contributed by atoms with Gasteiger partial charge in [0.2, 0.25) is 5.95 Å². The van der Waals surface area contributed by atoms with Crippen LogP contribution in [0.2, 0.25) is 0 Å². The van der Waals surface area contributed by atoms with Crippen molar-refractivity contribution >= 4 is 23.5 Å². The molecule has 2 saturated heterocycles. The molecule has 1 aromatic heterocycles. The van der Waals surface area contributed by atoms with Gasteiger partial charge in [0.1, 0.15) is 5.82 Å². The third-order valence-corrected chi connectivity index (χ3v) is 6.45. The molecule has 3 aliphatic rings. The van der Waals surface area contributed by atoms with Gasteiger partial charge < -0.3 is 16.0 Å². The summed E-state index contributed by atoms with van der Waals surface area (Å²) in [5.41, 5.74) is 8.48. The highest BCUT2D eigenvalue weighted by Crippen LogP contribution is 2.28. The van der Waals surface area contributed by atoms with Gasteiger partial charge in [-0.05, 0) is 25.8 Å². The lowest BCUT2D eigenvalue weighted by Gasteiger charge is -2.40. The average Bonchev–Trinajstić information content (AvgIpc) is 2.87. The Morgan fingerprint density at radius 2 is 1.75 bits per heavy atom. The number of fused-ring (bicyclic) bond motifs is 1. The number of hydrogen-bond acceptors (Lipinski definition) is 7. The highest BCUT2D eigenvalue weighted by atomic mass is 32.2. The smallest absolute Gasteiger partial charge is 0.222 e. The van der Waals surface area contributed by atoms with Gasteiger partial charge in [0, 0.05) is 62.3 Å². The third kappa shape index (κ3) is 3.48. The molecule has 1 aromatic rings. The second-order valence-corrected chi connectivity index (χ2v) is 8.17. The van der Waals surface area contributed by atoms with Gasteiger partial charge in [-0.1, -0.05) is 0 Å². The molecule has 0 saturated carbocycles. The summed E-state index contributed by atoms with van der Waals surface area (Å²) in [5, 5.41) is 3.46. The first kappa shape index (κ1) is 16.4. The maximum Gasteiger partial charge on any atom is 0.222 e. The van der Waals surface area contributed by atoms with E-state index in [9.17, 15) is 0 Å². The van der Waals surface area contributed by atoms with E-state index in [2.05, 4.69) is 36.8 Å². The summed E-state index contributed by atoms with van der Waals surface area (Å²) in [7, 11) is 0. The highest BCUT2D eigenvalue weighted by Gasteiger charge is 2.28. The zero-order valence-electron chi connectivity index (χ0n) is 14.3. The van der Waals surface area contributed by atoms with Crippen LogP contribution in [0.3, 0.4) is 0 Å². The number of aromatic nitrogens is 2. The Bertz CT molecular complexity index is 566. The van der Waals surface area contributed by atoms with Crippen LogP contribution in [0.5, 0.6) is 0 Å². The molecule has 6 nitrogen and oxygen atoms in total. The second kappa shape index (κ2) is 7.45. The highest BCUT2D eigenvalue weighted by molar-refractivity contribution is 7.99. The normalized spacial score (nSPS) is 23.8. The average molecular weight is 349 g/mol. The zero-order valence-corrected chi connectivity index (χ0v) is 15.2. The molecule has 3 aliphatic heterocycles. The van der Waals surface area contributed by atoms with Gasteiger partial charge in [0.05, 0.1) is 5.69 Å². The van der Waals surface area contributed by atoms with Crippen LogP contribution in [0, 0.1) is 0 Å². The summed E-state index contributed by atoms with van der Waals surface area (Å²) in [4.78, 5) is 14.3. The van der Waals surface area contributed by atoms with Crippen molar-refractivity contribution in [1.29, 1.82) is 0 Å². The van der Waals surface area contributed by atoms with E-state index in [-0.39, 0.29) is 0 Å². The maximum absolute atomic E-state index is 6.00. The van der Waals surface area contributed by atoms with E-state index >= 15 is 0 Å². The monoisotopic (exact) mass is 348 g/mol. The number of nitrogens with one attached hydrogen (secondary N) is 1. The summed E-state index contributed by atoms with van der Waals surface area (Å²) in [6.07, 6.45) is 4.44. The van der Waals surface area contributed by atoms with Crippen molar-refractivity contribution in [2.75, 3.05) is 61.4 Å². The minimum Gasteiger partial charge on any atom is -0.368 e. The van der Waals surface area contributed by atoms with Gasteiger partial charge in [-0.25, -0.2) is 4.98 Å². The topological polar surface area (TPSA) is 70.3 Å². The molecule has 0 aliphatic carbocycles. The Morgan fingerprint density at radius 1 is 1.00 bits per heavy atom. The van der Waals surface area contributed by atoms with Gasteiger partial charge in [0.25, 0.3) is 0 Å². The fourth-order valence-corrected chi connectivity index (χ4v) is 5.12. The number of nitrogen functional groups attached to an aromatic ring is 1. The number of nitrogens with two attached hydrogens (primary N) is 1. The first-order chi connectivity index (χ1) is 11.8. The Hall–Kier alpha value is -1.05. The van der Waals surface area contributed by atoms with Crippen molar-refractivity contribution in [3.05, 3.63) is 11.3 Å². The first-order valence-electron chi connectivity index (χ1n) is 9.24. The van der Waals surface area contributed by atoms with E-state index < -0.39 is 0 Å². The Kier molecular flexibility index (Phi) is 5.10. The minimum absolute atomic E-state index is 0.431. The van der Waals surface area contributed by atoms with E-state index in [4.69, 9.17) is 5.73 Å². The van der Waals surface area contributed by atoms with Crippen LogP contribution in [0.25, 0.3) is 0 Å². The molecule has 0 amide bonds. The van der Waals surface area contributed by atoms with Crippen LogP contribution in [0.1, 0.15) is 24.1 Å². The zero-order chi connectivity index (χ0) is 16.4. The van der Waals surface area contributed by atoms with Crippen molar-refractivity contribution < 1.29 is 0 Å². The molecule has 3 N–H and O–H groups in total. The second-order valence-electron chi connectivity index (χ2n) is 6.95. The lowest BCUT2D eigenvalue weighted by atomic mass is 10.0. The summed E-state index contributed by atoms with van der Waals surface area (Å²) in [6, 6.07) is 0.751. The van der Waals surface area contributed by atoms with E-state index in [0.29, 0.717) is 5.95 Å². The van der Waals surface area contributed by atoms with Crippen molar-refractivity contribution in [2.45, 2.75) is 31.7 Å². The number of nitrogens with zero attached hydrogens (tertiary/aromatic N) is 4. The fraction of sp³-hybridized carbons (Fsp3) is 0.765. The lowest BCUT2D eigenvalue weighted by Crippen LogP contribution is -2.48. The molecule has 4 heterocycles. The van der Waals surface area contributed by atoms with Crippen molar-refractivity contribution in [3.63, 3.8) is 0 Å². The summed E-state index contributed by atoms with van der Waals surface area (Å²) in [5.74, 6) is 4.13.